The number of hydrogen-bond acceptors (Lipinski definition) is 2. The highest BCUT2D eigenvalue weighted by Gasteiger charge is 2.16. The Balaban J connectivity index is 2.32. The summed E-state index contributed by atoms with van der Waals surface area (Å²) in [7, 11) is 0. The maximum absolute atomic E-state index is 11.9. The SMILES string of the molecule is CC(C)CC(C)NC(=O)[C@@H](N)CCc1ccccc1. The van der Waals surface area contributed by atoms with Gasteiger partial charge in [0.15, 0.2) is 0 Å². The summed E-state index contributed by atoms with van der Waals surface area (Å²) in [5.41, 5.74) is 7.16. The molecular formula is C16H26N2O. The molecule has 1 aromatic rings. The topological polar surface area (TPSA) is 55.1 Å². The number of rotatable bonds is 7. The van der Waals surface area contributed by atoms with Crippen LogP contribution in [0.1, 0.15) is 39.2 Å². The van der Waals surface area contributed by atoms with Crippen LogP contribution in [0.2, 0.25) is 0 Å². The van der Waals surface area contributed by atoms with E-state index in [1.54, 1.807) is 0 Å². The van der Waals surface area contributed by atoms with Gasteiger partial charge in [0, 0.05) is 6.04 Å². The van der Waals surface area contributed by atoms with E-state index in [2.05, 4.69) is 31.3 Å². The number of nitrogens with one attached hydrogen (secondary N) is 1. The van der Waals surface area contributed by atoms with E-state index in [0.717, 1.165) is 12.8 Å². The number of carbonyl (C=O) groups excluding carboxylic acids is 1. The summed E-state index contributed by atoms with van der Waals surface area (Å²) in [5.74, 6) is 0.542. The van der Waals surface area contributed by atoms with Crippen molar-refractivity contribution >= 4 is 5.91 Å². The second-order valence-electron chi connectivity index (χ2n) is 5.67. The zero-order valence-corrected chi connectivity index (χ0v) is 12.2. The average molecular weight is 262 g/mol. The van der Waals surface area contributed by atoms with E-state index < -0.39 is 6.04 Å². The van der Waals surface area contributed by atoms with Crippen molar-refractivity contribution in [2.45, 2.75) is 52.1 Å². The minimum Gasteiger partial charge on any atom is -0.352 e. The van der Waals surface area contributed by atoms with Crippen molar-refractivity contribution < 1.29 is 4.79 Å². The van der Waals surface area contributed by atoms with Gasteiger partial charge in [-0.2, -0.15) is 0 Å². The Labute approximate surface area is 116 Å². The normalized spacial score (nSPS) is 14.2. The maximum atomic E-state index is 11.9. The third-order valence-electron chi connectivity index (χ3n) is 3.14. The monoisotopic (exact) mass is 262 g/mol. The van der Waals surface area contributed by atoms with Crippen LogP contribution in [0.5, 0.6) is 0 Å². The van der Waals surface area contributed by atoms with Crippen LogP contribution < -0.4 is 11.1 Å². The van der Waals surface area contributed by atoms with Crippen LogP contribution in [-0.4, -0.2) is 18.0 Å². The first-order valence-corrected chi connectivity index (χ1v) is 7.09. The number of carbonyl (C=O) groups is 1. The fourth-order valence-corrected chi connectivity index (χ4v) is 2.21. The molecule has 0 bridgehead atoms. The molecule has 0 spiro atoms. The fourth-order valence-electron chi connectivity index (χ4n) is 2.21. The molecule has 0 aliphatic carbocycles. The molecular weight excluding hydrogens is 236 g/mol. The molecule has 0 fully saturated rings. The van der Waals surface area contributed by atoms with Gasteiger partial charge in [0.25, 0.3) is 0 Å². The fraction of sp³-hybridized carbons (Fsp3) is 0.562. The molecule has 0 saturated heterocycles. The molecule has 1 aromatic carbocycles. The summed E-state index contributed by atoms with van der Waals surface area (Å²) >= 11 is 0. The van der Waals surface area contributed by atoms with Crippen molar-refractivity contribution in [3.63, 3.8) is 0 Å². The van der Waals surface area contributed by atoms with Crippen molar-refractivity contribution in [3.05, 3.63) is 35.9 Å². The lowest BCUT2D eigenvalue weighted by atomic mass is 10.0. The molecule has 0 saturated carbocycles. The van der Waals surface area contributed by atoms with Gasteiger partial charge in [-0.3, -0.25) is 4.79 Å². The molecule has 106 valence electrons. The van der Waals surface area contributed by atoms with Gasteiger partial charge in [0.05, 0.1) is 6.04 Å². The lowest BCUT2D eigenvalue weighted by Gasteiger charge is -2.19. The molecule has 0 aromatic heterocycles. The van der Waals surface area contributed by atoms with Crippen LogP contribution >= 0.6 is 0 Å². The minimum absolute atomic E-state index is 0.0379. The summed E-state index contributed by atoms with van der Waals surface area (Å²) in [4.78, 5) is 11.9. The predicted molar refractivity (Wildman–Crippen MR) is 79.8 cm³/mol. The van der Waals surface area contributed by atoms with Crippen LogP contribution in [-0.2, 0) is 11.2 Å². The van der Waals surface area contributed by atoms with E-state index in [0.29, 0.717) is 12.3 Å². The molecule has 0 radical (unpaired) electrons. The van der Waals surface area contributed by atoms with Crippen LogP contribution in [0.4, 0.5) is 0 Å². The van der Waals surface area contributed by atoms with E-state index in [-0.39, 0.29) is 11.9 Å². The third-order valence-corrected chi connectivity index (χ3v) is 3.14. The second-order valence-corrected chi connectivity index (χ2v) is 5.67. The number of hydrogen-bond donors (Lipinski definition) is 2. The zero-order valence-electron chi connectivity index (χ0n) is 12.2. The molecule has 3 N–H and O–H groups in total. The quantitative estimate of drug-likeness (QED) is 0.793. The van der Waals surface area contributed by atoms with E-state index in [4.69, 9.17) is 5.73 Å². The molecule has 2 atom stereocenters. The average Bonchev–Trinajstić information content (AvgIpc) is 2.36. The van der Waals surface area contributed by atoms with E-state index >= 15 is 0 Å². The van der Waals surface area contributed by atoms with Gasteiger partial charge in [0.1, 0.15) is 0 Å². The van der Waals surface area contributed by atoms with E-state index in [1.807, 2.05) is 25.1 Å². The Morgan fingerprint density at radius 1 is 1.21 bits per heavy atom. The Hall–Kier alpha value is -1.35. The first kappa shape index (κ1) is 15.7. The van der Waals surface area contributed by atoms with Crippen molar-refractivity contribution in [3.8, 4) is 0 Å². The predicted octanol–water partition coefficient (Wildman–Crippen LogP) is 2.50. The van der Waals surface area contributed by atoms with Gasteiger partial charge in [-0.1, -0.05) is 44.2 Å². The Morgan fingerprint density at radius 3 is 2.42 bits per heavy atom. The number of nitrogens with two attached hydrogens (primary N) is 1. The molecule has 3 nitrogen and oxygen atoms in total. The first-order chi connectivity index (χ1) is 8.99. The molecule has 3 heteroatoms. The van der Waals surface area contributed by atoms with Gasteiger partial charge >= 0.3 is 0 Å². The number of benzene rings is 1. The summed E-state index contributed by atoms with van der Waals surface area (Å²) in [6.07, 6.45) is 2.51. The second kappa shape index (κ2) is 7.95. The molecule has 1 rings (SSSR count). The molecule has 0 heterocycles. The molecule has 1 amide bonds. The first-order valence-electron chi connectivity index (χ1n) is 7.09. The molecule has 19 heavy (non-hydrogen) atoms. The van der Waals surface area contributed by atoms with Gasteiger partial charge in [0.2, 0.25) is 5.91 Å². The van der Waals surface area contributed by atoms with Crippen molar-refractivity contribution in [1.82, 2.24) is 5.32 Å². The van der Waals surface area contributed by atoms with E-state index in [9.17, 15) is 4.79 Å². The Morgan fingerprint density at radius 2 is 1.84 bits per heavy atom. The highest BCUT2D eigenvalue weighted by molar-refractivity contribution is 5.81. The highest BCUT2D eigenvalue weighted by Crippen LogP contribution is 2.06. The number of aryl methyl sites for hydroxylation is 1. The zero-order chi connectivity index (χ0) is 14.3. The van der Waals surface area contributed by atoms with Crippen molar-refractivity contribution in [1.29, 1.82) is 0 Å². The molecule has 0 aliphatic rings. The van der Waals surface area contributed by atoms with Gasteiger partial charge in [-0.25, -0.2) is 0 Å². The molecule has 1 unspecified atom stereocenters. The smallest absolute Gasteiger partial charge is 0.237 e. The third kappa shape index (κ3) is 6.39. The summed E-state index contributed by atoms with van der Waals surface area (Å²) < 4.78 is 0. The van der Waals surface area contributed by atoms with Crippen LogP contribution in [0.25, 0.3) is 0 Å². The lowest BCUT2D eigenvalue weighted by molar-refractivity contribution is -0.123. The Kier molecular flexibility index (Phi) is 6.57. The Bertz CT molecular complexity index is 376. The minimum atomic E-state index is -0.421. The summed E-state index contributed by atoms with van der Waals surface area (Å²) in [5, 5.41) is 2.98. The number of amides is 1. The van der Waals surface area contributed by atoms with Crippen molar-refractivity contribution in [2.24, 2.45) is 11.7 Å². The highest BCUT2D eigenvalue weighted by atomic mass is 16.2. The van der Waals surface area contributed by atoms with E-state index in [1.165, 1.54) is 5.56 Å². The van der Waals surface area contributed by atoms with Crippen LogP contribution in [0, 0.1) is 5.92 Å². The van der Waals surface area contributed by atoms with Gasteiger partial charge < -0.3 is 11.1 Å². The summed E-state index contributed by atoms with van der Waals surface area (Å²) in [6, 6.07) is 9.89. The van der Waals surface area contributed by atoms with Crippen LogP contribution in [0.15, 0.2) is 30.3 Å². The van der Waals surface area contributed by atoms with Gasteiger partial charge in [-0.05, 0) is 37.7 Å². The molecule has 0 aliphatic heterocycles. The maximum Gasteiger partial charge on any atom is 0.237 e. The largest absolute Gasteiger partial charge is 0.352 e. The lowest BCUT2D eigenvalue weighted by Crippen LogP contribution is -2.45. The van der Waals surface area contributed by atoms with Crippen molar-refractivity contribution in [2.75, 3.05) is 0 Å². The van der Waals surface area contributed by atoms with Gasteiger partial charge in [-0.15, -0.1) is 0 Å². The standard InChI is InChI=1S/C16H26N2O/c1-12(2)11-13(3)18-16(19)15(17)10-9-14-7-5-4-6-8-14/h4-8,12-13,15H,9-11,17H2,1-3H3,(H,18,19)/t13?,15-/m0/s1. The van der Waals surface area contributed by atoms with Crippen LogP contribution in [0.3, 0.4) is 0 Å². The summed E-state index contributed by atoms with van der Waals surface area (Å²) in [6.45, 7) is 6.33.